The lowest BCUT2D eigenvalue weighted by molar-refractivity contribution is -0.148. The van der Waals surface area contributed by atoms with Crippen molar-refractivity contribution in [3.05, 3.63) is 78.4 Å². The molecule has 0 fully saturated rings. The molecule has 0 saturated carbocycles. The van der Waals surface area contributed by atoms with Gasteiger partial charge in [0.05, 0.1) is 6.61 Å². The number of benzene rings is 3. The molecule has 246 valence electrons. The molecule has 0 N–H and O–H groups in total. The van der Waals surface area contributed by atoms with E-state index < -0.39 is 0 Å². The maximum absolute atomic E-state index is 12.4. The number of ether oxygens (including phenoxy) is 2. The first-order valence-electron chi connectivity index (χ1n) is 18.2. The number of hydrogen-bond donors (Lipinski definition) is 0. The van der Waals surface area contributed by atoms with Crippen molar-refractivity contribution in [3.63, 3.8) is 0 Å². The minimum absolute atomic E-state index is 0.0959. The minimum atomic E-state index is -0.251. The first-order valence-corrected chi connectivity index (χ1v) is 18.2. The van der Waals surface area contributed by atoms with Gasteiger partial charge in [0.15, 0.2) is 0 Å². The van der Waals surface area contributed by atoms with Gasteiger partial charge in [-0.05, 0) is 59.7 Å². The fourth-order valence-electron chi connectivity index (χ4n) is 5.98. The molecule has 3 aromatic carbocycles. The Bertz CT molecular complexity index is 1180. The number of unbranched alkanes of at least 4 members (excludes halogenated alkanes) is 15. The van der Waals surface area contributed by atoms with Gasteiger partial charge in [0, 0.05) is 6.42 Å². The molecule has 45 heavy (non-hydrogen) atoms. The van der Waals surface area contributed by atoms with E-state index in [1.54, 1.807) is 0 Å². The zero-order valence-corrected chi connectivity index (χ0v) is 28.7. The van der Waals surface area contributed by atoms with E-state index in [9.17, 15) is 4.79 Å². The summed E-state index contributed by atoms with van der Waals surface area (Å²) in [7, 11) is 0. The maximum atomic E-state index is 12.4. The Balaban J connectivity index is 1.43. The summed E-state index contributed by atoms with van der Waals surface area (Å²) in [5, 5.41) is 0. The van der Waals surface area contributed by atoms with Gasteiger partial charge in [-0.25, -0.2) is 0 Å². The molecule has 3 aromatic rings. The highest BCUT2D eigenvalue weighted by atomic mass is 16.5. The SMILES string of the molecule is CCCCCCCCCCCCOc1ccc(-c2ccccc2-c2ccc(C(C)OC(=O)CCCCCCCCC)cc2)cc1. The Morgan fingerprint density at radius 1 is 0.556 bits per heavy atom. The van der Waals surface area contributed by atoms with Crippen LogP contribution in [0.25, 0.3) is 22.3 Å². The first-order chi connectivity index (χ1) is 22.1. The van der Waals surface area contributed by atoms with E-state index >= 15 is 0 Å². The smallest absolute Gasteiger partial charge is 0.306 e. The lowest BCUT2D eigenvalue weighted by Crippen LogP contribution is -2.08. The molecule has 3 rings (SSSR count). The molecular formula is C42H60O3. The van der Waals surface area contributed by atoms with Crippen molar-refractivity contribution >= 4 is 5.97 Å². The molecule has 0 heterocycles. The van der Waals surface area contributed by atoms with Crippen molar-refractivity contribution in [2.45, 2.75) is 142 Å². The van der Waals surface area contributed by atoms with Crippen LogP contribution < -0.4 is 4.74 Å². The molecule has 0 radical (unpaired) electrons. The molecule has 1 unspecified atom stereocenters. The number of rotatable bonds is 24. The molecule has 0 bridgehead atoms. The van der Waals surface area contributed by atoms with Crippen molar-refractivity contribution in [3.8, 4) is 28.0 Å². The number of carbonyl (C=O) groups excluding carboxylic acids is 1. The minimum Gasteiger partial charge on any atom is -0.494 e. The quantitative estimate of drug-likeness (QED) is 0.0745. The summed E-state index contributed by atoms with van der Waals surface area (Å²) in [6, 6.07) is 25.5. The third-order valence-corrected chi connectivity index (χ3v) is 8.84. The predicted molar refractivity (Wildman–Crippen MR) is 192 cm³/mol. The molecule has 1 atom stereocenters. The van der Waals surface area contributed by atoms with E-state index in [4.69, 9.17) is 9.47 Å². The average Bonchev–Trinajstić information content (AvgIpc) is 3.07. The Hall–Kier alpha value is -3.07. The summed E-state index contributed by atoms with van der Waals surface area (Å²) in [5.41, 5.74) is 5.73. The first kappa shape index (κ1) is 36.4. The molecule has 0 saturated heterocycles. The van der Waals surface area contributed by atoms with Crippen LogP contribution in [0, 0.1) is 0 Å². The summed E-state index contributed by atoms with van der Waals surface area (Å²) < 4.78 is 11.8. The van der Waals surface area contributed by atoms with Gasteiger partial charge >= 0.3 is 5.97 Å². The second-order valence-electron chi connectivity index (χ2n) is 12.7. The zero-order chi connectivity index (χ0) is 32.0. The van der Waals surface area contributed by atoms with Crippen LogP contribution in [-0.2, 0) is 9.53 Å². The molecule has 3 nitrogen and oxygen atoms in total. The molecule has 0 amide bonds. The molecule has 0 aliphatic rings. The van der Waals surface area contributed by atoms with Crippen molar-refractivity contribution in [1.82, 2.24) is 0 Å². The molecule has 0 aliphatic heterocycles. The van der Waals surface area contributed by atoms with Crippen molar-refractivity contribution in [2.24, 2.45) is 0 Å². The second kappa shape index (κ2) is 22.4. The fraction of sp³-hybridized carbons (Fsp3) is 0.548. The standard InChI is InChI=1S/C42H60O3/c1-4-6-8-10-12-13-14-16-18-22-34-44-39-32-30-38(31-33-39)41-24-21-20-23-40(41)37-28-26-36(27-29-37)35(3)45-42(43)25-19-17-15-11-9-7-5-2/h20-21,23-24,26-33,35H,4-19,22,25,34H2,1-3H3. The maximum Gasteiger partial charge on any atom is 0.306 e. The highest BCUT2D eigenvalue weighted by molar-refractivity contribution is 5.83. The van der Waals surface area contributed by atoms with E-state index in [-0.39, 0.29) is 12.1 Å². The van der Waals surface area contributed by atoms with Crippen LogP contribution in [0.15, 0.2) is 72.8 Å². The monoisotopic (exact) mass is 612 g/mol. The van der Waals surface area contributed by atoms with Crippen molar-refractivity contribution in [1.29, 1.82) is 0 Å². The van der Waals surface area contributed by atoms with Crippen LogP contribution in [0.3, 0.4) is 0 Å². The summed E-state index contributed by atoms with van der Waals surface area (Å²) in [4.78, 5) is 12.4. The van der Waals surface area contributed by atoms with E-state index in [1.165, 1.54) is 107 Å². The highest BCUT2D eigenvalue weighted by Crippen LogP contribution is 2.34. The lowest BCUT2D eigenvalue weighted by atomic mass is 9.93. The molecule has 0 aliphatic carbocycles. The van der Waals surface area contributed by atoms with Crippen LogP contribution in [0.2, 0.25) is 0 Å². The Morgan fingerprint density at radius 2 is 1.00 bits per heavy atom. The predicted octanol–water partition coefficient (Wildman–Crippen LogP) is 13.1. The average molecular weight is 613 g/mol. The van der Waals surface area contributed by atoms with Gasteiger partial charge in [-0.2, -0.15) is 0 Å². The van der Waals surface area contributed by atoms with Gasteiger partial charge in [-0.3, -0.25) is 4.79 Å². The molecular weight excluding hydrogens is 552 g/mol. The zero-order valence-electron chi connectivity index (χ0n) is 28.7. The highest BCUT2D eigenvalue weighted by Gasteiger charge is 2.13. The van der Waals surface area contributed by atoms with Gasteiger partial charge in [-0.15, -0.1) is 0 Å². The van der Waals surface area contributed by atoms with Gasteiger partial charge in [0.25, 0.3) is 0 Å². The number of hydrogen-bond acceptors (Lipinski definition) is 3. The van der Waals surface area contributed by atoms with Crippen LogP contribution in [0.1, 0.15) is 148 Å². The van der Waals surface area contributed by atoms with Gasteiger partial charge < -0.3 is 9.47 Å². The second-order valence-corrected chi connectivity index (χ2v) is 12.7. The number of esters is 1. The van der Waals surface area contributed by atoms with E-state index in [1.807, 2.05) is 6.92 Å². The largest absolute Gasteiger partial charge is 0.494 e. The van der Waals surface area contributed by atoms with Crippen molar-refractivity contribution in [2.75, 3.05) is 6.61 Å². The molecule has 3 heteroatoms. The summed E-state index contributed by atoms with van der Waals surface area (Å²) in [6.07, 6.45) is 22.0. The van der Waals surface area contributed by atoms with Gasteiger partial charge in [-0.1, -0.05) is 171 Å². The van der Waals surface area contributed by atoms with E-state index in [2.05, 4.69) is 86.6 Å². The normalized spacial score (nSPS) is 11.8. The Kier molecular flexibility index (Phi) is 18.1. The van der Waals surface area contributed by atoms with Crippen LogP contribution >= 0.6 is 0 Å². The summed E-state index contributed by atoms with van der Waals surface area (Å²) in [6.45, 7) is 7.26. The van der Waals surface area contributed by atoms with E-state index in [0.717, 1.165) is 42.7 Å². The Labute approximate surface area is 275 Å². The third kappa shape index (κ3) is 14.3. The van der Waals surface area contributed by atoms with E-state index in [0.29, 0.717) is 6.42 Å². The lowest BCUT2D eigenvalue weighted by Gasteiger charge is -2.15. The summed E-state index contributed by atoms with van der Waals surface area (Å²) >= 11 is 0. The fourth-order valence-corrected chi connectivity index (χ4v) is 5.98. The molecule has 0 spiro atoms. The summed E-state index contributed by atoms with van der Waals surface area (Å²) in [5.74, 6) is 0.841. The van der Waals surface area contributed by atoms with Crippen molar-refractivity contribution < 1.29 is 14.3 Å². The van der Waals surface area contributed by atoms with Crippen LogP contribution in [-0.4, -0.2) is 12.6 Å². The third-order valence-electron chi connectivity index (χ3n) is 8.84. The topological polar surface area (TPSA) is 35.5 Å². The van der Waals surface area contributed by atoms with Gasteiger partial charge in [0.1, 0.15) is 11.9 Å². The van der Waals surface area contributed by atoms with Crippen LogP contribution in [0.5, 0.6) is 5.75 Å². The number of carbonyl (C=O) groups is 1. The van der Waals surface area contributed by atoms with Gasteiger partial charge in [0.2, 0.25) is 0 Å². The Morgan fingerprint density at radius 3 is 1.51 bits per heavy atom. The molecule has 0 aromatic heterocycles. The van der Waals surface area contributed by atoms with Crippen LogP contribution in [0.4, 0.5) is 0 Å².